The van der Waals surface area contributed by atoms with Crippen molar-refractivity contribution in [1.82, 2.24) is 4.98 Å². The second-order valence-electron chi connectivity index (χ2n) is 4.95. The molecule has 1 aromatic heterocycles. The number of Topliss-reactive ketones (excluding diaryl/α,β-unsaturated/α-hetero) is 1. The summed E-state index contributed by atoms with van der Waals surface area (Å²) in [5.74, 6) is -1.53. The van der Waals surface area contributed by atoms with Gasteiger partial charge in [-0.25, -0.2) is 9.78 Å². The van der Waals surface area contributed by atoms with Crippen LogP contribution in [0.5, 0.6) is 11.5 Å². The molecule has 10 heteroatoms. The third-order valence-corrected chi connectivity index (χ3v) is 3.95. The van der Waals surface area contributed by atoms with Crippen molar-refractivity contribution in [2.45, 2.75) is 6.61 Å². The number of halogens is 2. The SMILES string of the molecule is C=CCNc1nc(C(=O)OCC(=O)c2ccc(OC(F)F)c(OC)c2)cs1. The molecule has 0 atom stereocenters. The standard InChI is InChI=1S/C17H16F2N2O5S/c1-3-6-20-17-21-11(9-27-17)15(23)25-8-12(22)10-4-5-13(26-16(18)19)14(7-10)24-2/h3-5,7,9,16H,1,6,8H2,2H3,(H,20,21). The maximum atomic E-state index is 12.3. The lowest BCUT2D eigenvalue weighted by atomic mass is 10.1. The summed E-state index contributed by atoms with van der Waals surface area (Å²) >= 11 is 1.21. The lowest BCUT2D eigenvalue weighted by molar-refractivity contribution is -0.0512. The highest BCUT2D eigenvalue weighted by atomic mass is 32.1. The Balaban J connectivity index is 1.97. The van der Waals surface area contributed by atoms with Crippen LogP contribution in [-0.2, 0) is 4.74 Å². The number of nitrogens with one attached hydrogen (secondary N) is 1. The molecule has 7 nitrogen and oxygen atoms in total. The van der Waals surface area contributed by atoms with Gasteiger partial charge in [-0.15, -0.1) is 17.9 Å². The molecule has 0 aliphatic rings. The third-order valence-electron chi connectivity index (χ3n) is 3.15. The number of ketones is 1. The molecule has 0 saturated carbocycles. The molecule has 0 spiro atoms. The highest BCUT2D eigenvalue weighted by molar-refractivity contribution is 7.13. The fourth-order valence-electron chi connectivity index (χ4n) is 1.93. The van der Waals surface area contributed by atoms with Gasteiger partial charge in [-0.05, 0) is 18.2 Å². The Kier molecular flexibility index (Phi) is 7.24. The molecule has 1 heterocycles. The first-order valence-electron chi connectivity index (χ1n) is 7.58. The van der Waals surface area contributed by atoms with Gasteiger partial charge in [0.15, 0.2) is 34.7 Å². The number of carbonyl (C=O) groups is 2. The number of ether oxygens (including phenoxy) is 3. The van der Waals surface area contributed by atoms with E-state index in [0.717, 1.165) is 0 Å². The molecule has 144 valence electrons. The van der Waals surface area contributed by atoms with E-state index in [1.165, 1.54) is 42.0 Å². The number of esters is 1. The summed E-state index contributed by atoms with van der Waals surface area (Å²) in [6, 6.07) is 3.68. The van der Waals surface area contributed by atoms with Gasteiger partial charge in [0, 0.05) is 17.5 Å². The van der Waals surface area contributed by atoms with E-state index in [1.54, 1.807) is 6.08 Å². The second-order valence-corrected chi connectivity index (χ2v) is 5.81. The largest absolute Gasteiger partial charge is 0.493 e. The van der Waals surface area contributed by atoms with E-state index in [2.05, 4.69) is 21.6 Å². The molecule has 0 bridgehead atoms. The van der Waals surface area contributed by atoms with E-state index in [-0.39, 0.29) is 22.8 Å². The van der Waals surface area contributed by atoms with Crippen molar-refractivity contribution < 1.29 is 32.6 Å². The van der Waals surface area contributed by atoms with Crippen LogP contribution in [-0.4, -0.2) is 43.6 Å². The molecule has 1 aromatic carbocycles. The minimum Gasteiger partial charge on any atom is -0.493 e. The van der Waals surface area contributed by atoms with Gasteiger partial charge in [-0.2, -0.15) is 8.78 Å². The quantitative estimate of drug-likeness (QED) is 0.373. The Morgan fingerprint density at radius 1 is 1.37 bits per heavy atom. The predicted octanol–water partition coefficient (Wildman–Crippen LogP) is 3.39. The van der Waals surface area contributed by atoms with Gasteiger partial charge < -0.3 is 19.5 Å². The van der Waals surface area contributed by atoms with Crippen LogP contribution in [0.15, 0.2) is 36.2 Å². The minimum absolute atomic E-state index is 0.0371. The summed E-state index contributed by atoms with van der Waals surface area (Å²) in [4.78, 5) is 28.2. The van der Waals surface area contributed by atoms with Gasteiger partial charge in [0.2, 0.25) is 0 Å². The van der Waals surface area contributed by atoms with Gasteiger partial charge in [-0.1, -0.05) is 6.08 Å². The van der Waals surface area contributed by atoms with Crippen LogP contribution in [0.4, 0.5) is 13.9 Å². The van der Waals surface area contributed by atoms with Gasteiger partial charge in [0.1, 0.15) is 0 Å². The average Bonchev–Trinajstić information content (AvgIpc) is 3.13. The van der Waals surface area contributed by atoms with Gasteiger partial charge in [-0.3, -0.25) is 4.79 Å². The number of methoxy groups -OCH3 is 1. The van der Waals surface area contributed by atoms with Gasteiger partial charge in [0.05, 0.1) is 7.11 Å². The number of thiazole rings is 1. The highest BCUT2D eigenvalue weighted by Gasteiger charge is 2.17. The zero-order valence-electron chi connectivity index (χ0n) is 14.2. The zero-order valence-corrected chi connectivity index (χ0v) is 15.1. The first-order chi connectivity index (χ1) is 12.9. The zero-order chi connectivity index (χ0) is 19.8. The lowest BCUT2D eigenvalue weighted by Gasteiger charge is -2.11. The molecule has 1 N–H and O–H groups in total. The van der Waals surface area contributed by atoms with Crippen LogP contribution in [0.2, 0.25) is 0 Å². The maximum Gasteiger partial charge on any atom is 0.387 e. The maximum absolute atomic E-state index is 12.3. The summed E-state index contributed by atoms with van der Waals surface area (Å²) < 4.78 is 38.8. The molecule has 0 saturated heterocycles. The normalized spacial score (nSPS) is 10.4. The summed E-state index contributed by atoms with van der Waals surface area (Å²) in [5, 5.41) is 4.95. The minimum atomic E-state index is -3.02. The van der Waals surface area contributed by atoms with E-state index < -0.39 is 25.0 Å². The van der Waals surface area contributed by atoms with Crippen LogP contribution in [0.1, 0.15) is 20.8 Å². The number of hydrogen-bond donors (Lipinski definition) is 1. The number of hydrogen-bond acceptors (Lipinski definition) is 8. The summed E-state index contributed by atoms with van der Waals surface area (Å²) in [5.41, 5.74) is 0.186. The van der Waals surface area contributed by atoms with Crippen molar-refractivity contribution >= 4 is 28.2 Å². The van der Waals surface area contributed by atoms with E-state index in [4.69, 9.17) is 9.47 Å². The molecule has 0 aliphatic heterocycles. The molecule has 0 unspecified atom stereocenters. The number of rotatable bonds is 10. The number of nitrogens with zero attached hydrogens (tertiary/aromatic N) is 1. The van der Waals surface area contributed by atoms with E-state index in [0.29, 0.717) is 11.7 Å². The molecular formula is C17H16F2N2O5S. The van der Waals surface area contributed by atoms with Crippen LogP contribution < -0.4 is 14.8 Å². The Hall–Kier alpha value is -3.01. The Labute approximate surface area is 157 Å². The molecule has 2 rings (SSSR count). The monoisotopic (exact) mass is 398 g/mol. The van der Waals surface area contributed by atoms with E-state index in [1.807, 2.05) is 0 Å². The molecule has 0 aliphatic carbocycles. The van der Waals surface area contributed by atoms with Gasteiger partial charge in [0.25, 0.3) is 0 Å². The second kappa shape index (κ2) is 9.62. The Bertz CT molecular complexity index is 825. The number of benzene rings is 1. The third kappa shape index (κ3) is 5.74. The fraction of sp³-hybridized carbons (Fsp3) is 0.235. The van der Waals surface area contributed by atoms with Crippen molar-refractivity contribution in [2.75, 3.05) is 25.6 Å². The first kappa shape index (κ1) is 20.3. The number of aromatic nitrogens is 1. The summed E-state index contributed by atoms with van der Waals surface area (Å²) in [7, 11) is 1.25. The lowest BCUT2D eigenvalue weighted by Crippen LogP contribution is -2.15. The van der Waals surface area contributed by atoms with Crippen molar-refractivity contribution in [3.63, 3.8) is 0 Å². The Morgan fingerprint density at radius 2 is 2.15 bits per heavy atom. The molecule has 2 aromatic rings. The molecule has 0 fully saturated rings. The van der Waals surface area contributed by atoms with E-state index >= 15 is 0 Å². The van der Waals surface area contributed by atoms with Crippen LogP contribution >= 0.6 is 11.3 Å². The number of anilines is 1. The predicted molar refractivity (Wildman–Crippen MR) is 95.0 cm³/mol. The van der Waals surface area contributed by atoms with Crippen molar-refractivity contribution in [2.24, 2.45) is 0 Å². The molecule has 0 amide bonds. The van der Waals surface area contributed by atoms with Crippen LogP contribution in [0.25, 0.3) is 0 Å². The smallest absolute Gasteiger partial charge is 0.387 e. The average molecular weight is 398 g/mol. The summed E-state index contributed by atoms with van der Waals surface area (Å²) in [6.07, 6.45) is 1.64. The topological polar surface area (TPSA) is 86.8 Å². The van der Waals surface area contributed by atoms with E-state index in [9.17, 15) is 18.4 Å². The first-order valence-corrected chi connectivity index (χ1v) is 8.46. The van der Waals surface area contributed by atoms with Crippen molar-refractivity contribution in [3.8, 4) is 11.5 Å². The van der Waals surface area contributed by atoms with Crippen molar-refractivity contribution in [3.05, 3.63) is 47.5 Å². The number of alkyl halides is 2. The highest BCUT2D eigenvalue weighted by Crippen LogP contribution is 2.29. The van der Waals surface area contributed by atoms with Gasteiger partial charge >= 0.3 is 12.6 Å². The van der Waals surface area contributed by atoms with Crippen molar-refractivity contribution in [1.29, 1.82) is 0 Å². The summed E-state index contributed by atoms with van der Waals surface area (Å²) in [6.45, 7) is 0.491. The molecular weight excluding hydrogens is 382 g/mol. The molecule has 0 radical (unpaired) electrons. The molecule has 27 heavy (non-hydrogen) atoms. The van der Waals surface area contributed by atoms with Crippen LogP contribution in [0.3, 0.4) is 0 Å². The Morgan fingerprint density at radius 3 is 2.81 bits per heavy atom. The number of carbonyl (C=O) groups excluding carboxylic acids is 2. The van der Waals surface area contributed by atoms with Crippen LogP contribution in [0, 0.1) is 0 Å². The fourth-order valence-corrected chi connectivity index (χ4v) is 2.62.